The number of hydrogen-bond donors (Lipinski definition) is 1. The zero-order chi connectivity index (χ0) is 14.5. The monoisotopic (exact) mass is 266 g/mol. The van der Waals surface area contributed by atoms with Gasteiger partial charge in [0.1, 0.15) is 5.84 Å². The van der Waals surface area contributed by atoms with Crippen molar-refractivity contribution in [3.63, 3.8) is 0 Å². The SMILES string of the molecule is CCN(C(=N)Cc1ccccc1)c1c(C)cccc1C. The number of rotatable bonds is 4. The van der Waals surface area contributed by atoms with E-state index in [0.717, 1.165) is 6.54 Å². The van der Waals surface area contributed by atoms with Crippen molar-refractivity contribution < 1.29 is 0 Å². The maximum atomic E-state index is 8.44. The van der Waals surface area contributed by atoms with E-state index in [1.165, 1.54) is 22.4 Å². The van der Waals surface area contributed by atoms with Crippen molar-refractivity contribution in [2.24, 2.45) is 0 Å². The quantitative estimate of drug-likeness (QED) is 0.646. The Morgan fingerprint density at radius 2 is 1.55 bits per heavy atom. The molecule has 2 nitrogen and oxygen atoms in total. The highest BCUT2D eigenvalue weighted by Crippen LogP contribution is 2.25. The lowest BCUT2D eigenvalue weighted by Gasteiger charge is -2.27. The van der Waals surface area contributed by atoms with Gasteiger partial charge in [0.05, 0.1) is 0 Å². The molecule has 0 atom stereocenters. The molecule has 0 saturated heterocycles. The number of benzene rings is 2. The number of nitrogens with zero attached hydrogens (tertiary/aromatic N) is 1. The van der Waals surface area contributed by atoms with Crippen LogP contribution in [0.1, 0.15) is 23.6 Å². The third kappa shape index (κ3) is 3.08. The summed E-state index contributed by atoms with van der Waals surface area (Å²) in [6.07, 6.45) is 0.669. The van der Waals surface area contributed by atoms with Crippen LogP contribution in [-0.2, 0) is 6.42 Å². The summed E-state index contributed by atoms with van der Waals surface area (Å²) < 4.78 is 0. The van der Waals surface area contributed by atoms with Gasteiger partial charge in [0.2, 0.25) is 0 Å². The molecular weight excluding hydrogens is 244 g/mol. The fraction of sp³-hybridized carbons (Fsp3) is 0.278. The van der Waals surface area contributed by atoms with Crippen molar-refractivity contribution >= 4 is 11.5 Å². The Morgan fingerprint density at radius 1 is 0.950 bits per heavy atom. The van der Waals surface area contributed by atoms with Gasteiger partial charge in [-0.1, -0.05) is 48.5 Å². The zero-order valence-electron chi connectivity index (χ0n) is 12.5. The fourth-order valence-electron chi connectivity index (χ4n) is 2.60. The van der Waals surface area contributed by atoms with Crippen LogP contribution in [0.25, 0.3) is 0 Å². The van der Waals surface area contributed by atoms with Gasteiger partial charge < -0.3 is 4.90 Å². The lowest BCUT2D eigenvalue weighted by Crippen LogP contribution is -2.32. The maximum absolute atomic E-state index is 8.44. The number of amidine groups is 1. The van der Waals surface area contributed by atoms with Crippen molar-refractivity contribution in [1.82, 2.24) is 0 Å². The van der Waals surface area contributed by atoms with Crippen LogP contribution < -0.4 is 4.90 Å². The van der Waals surface area contributed by atoms with Gasteiger partial charge in [0.15, 0.2) is 0 Å². The lowest BCUT2D eigenvalue weighted by molar-refractivity contribution is 1.00. The van der Waals surface area contributed by atoms with Gasteiger partial charge >= 0.3 is 0 Å². The summed E-state index contributed by atoms with van der Waals surface area (Å²) >= 11 is 0. The first-order valence-corrected chi connectivity index (χ1v) is 7.08. The molecule has 0 aliphatic carbocycles. The molecule has 0 heterocycles. The van der Waals surface area contributed by atoms with Gasteiger partial charge in [-0.05, 0) is 37.5 Å². The number of para-hydroxylation sites is 1. The van der Waals surface area contributed by atoms with Crippen LogP contribution >= 0.6 is 0 Å². The smallest absolute Gasteiger partial charge is 0.105 e. The highest BCUT2D eigenvalue weighted by molar-refractivity contribution is 5.98. The summed E-state index contributed by atoms with van der Waals surface area (Å²) in [6, 6.07) is 16.5. The van der Waals surface area contributed by atoms with Crippen molar-refractivity contribution in [2.45, 2.75) is 27.2 Å². The predicted octanol–water partition coefficient (Wildman–Crippen LogP) is 4.35. The van der Waals surface area contributed by atoms with Crippen LogP contribution in [0, 0.1) is 19.3 Å². The van der Waals surface area contributed by atoms with Crippen molar-refractivity contribution in [3.05, 3.63) is 65.2 Å². The molecule has 0 saturated carbocycles. The number of nitrogens with one attached hydrogen (secondary N) is 1. The Kier molecular flexibility index (Phi) is 4.57. The minimum atomic E-state index is 0.649. The van der Waals surface area contributed by atoms with Crippen molar-refractivity contribution in [2.75, 3.05) is 11.4 Å². The summed E-state index contributed by atoms with van der Waals surface area (Å²) in [5.74, 6) is 0.649. The van der Waals surface area contributed by atoms with Crippen molar-refractivity contribution in [3.8, 4) is 0 Å². The highest BCUT2D eigenvalue weighted by atomic mass is 15.2. The molecule has 20 heavy (non-hydrogen) atoms. The summed E-state index contributed by atoms with van der Waals surface area (Å²) in [5, 5.41) is 8.44. The van der Waals surface area contributed by atoms with E-state index in [2.05, 4.69) is 56.0 Å². The molecule has 2 heteroatoms. The van der Waals surface area contributed by atoms with Gasteiger partial charge in [-0.3, -0.25) is 5.41 Å². The van der Waals surface area contributed by atoms with E-state index in [0.29, 0.717) is 12.3 Å². The fourth-order valence-corrected chi connectivity index (χ4v) is 2.60. The standard InChI is InChI=1S/C18H22N2/c1-4-20(18-14(2)9-8-10-15(18)3)17(19)13-16-11-6-5-7-12-16/h5-12,19H,4,13H2,1-3H3. The molecule has 0 fully saturated rings. The molecule has 0 aliphatic heterocycles. The van der Waals surface area contributed by atoms with Gasteiger partial charge in [-0.25, -0.2) is 0 Å². The first kappa shape index (κ1) is 14.3. The maximum Gasteiger partial charge on any atom is 0.105 e. The number of anilines is 1. The summed E-state index contributed by atoms with van der Waals surface area (Å²) in [5.41, 5.74) is 4.81. The minimum Gasteiger partial charge on any atom is -0.330 e. The Balaban J connectivity index is 2.26. The molecule has 0 aliphatic rings. The second-order valence-corrected chi connectivity index (χ2v) is 5.09. The first-order chi connectivity index (χ1) is 9.63. The Morgan fingerprint density at radius 3 is 2.10 bits per heavy atom. The molecule has 0 unspecified atom stereocenters. The van der Waals surface area contributed by atoms with Crippen LogP contribution in [-0.4, -0.2) is 12.4 Å². The minimum absolute atomic E-state index is 0.649. The average molecular weight is 266 g/mol. The van der Waals surface area contributed by atoms with E-state index < -0.39 is 0 Å². The molecule has 2 aromatic rings. The summed E-state index contributed by atoms with van der Waals surface area (Å²) in [6.45, 7) is 7.14. The summed E-state index contributed by atoms with van der Waals surface area (Å²) in [7, 11) is 0. The molecule has 0 bridgehead atoms. The Labute approximate surface area is 121 Å². The average Bonchev–Trinajstić information content (AvgIpc) is 2.44. The zero-order valence-corrected chi connectivity index (χ0v) is 12.5. The number of hydrogen-bond acceptors (Lipinski definition) is 1. The lowest BCUT2D eigenvalue weighted by atomic mass is 10.1. The van der Waals surface area contributed by atoms with Gasteiger partial charge in [-0.2, -0.15) is 0 Å². The van der Waals surface area contributed by atoms with E-state index in [-0.39, 0.29) is 0 Å². The van der Waals surface area contributed by atoms with Crippen molar-refractivity contribution in [1.29, 1.82) is 5.41 Å². The normalized spacial score (nSPS) is 10.3. The van der Waals surface area contributed by atoms with Crippen LogP contribution in [0.3, 0.4) is 0 Å². The van der Waals surface area contributed by atoms with Gasteiger partial charge in [-0.15, -0.1) is 0 Å². The van der Waals surface area contributed by atoms with Crippen LogP contribution in [0.2, 0.25) is 0 Å². The molecule has 2 rings (SSSR count). The molecule has 0 radical (unpaired) electrons. The topological polar surface area (TPSA) is 27.1 Å². The van der Waals surface area contributed by atoms with E-state index in [1.54, 1.807) is 0 Å². The second kappa shape index (κ2) is 6.38. The number of aryl methyl sites for hydroxylation is 2. The molecule has 104 valence electrons. The third-order valence-electron chi connectivity index (χ3n) is 3.57. The molecule has 0 aromatic heterocycles. The Bertz CT molecular complexity index is 567. The van der Waals surface area contributed by atoms with Crippen LogP contribution in [0.5, 0.6) is 0 Å². The Hall–Kier alpha value is -2.09. The molecule has 0 spiro atoms. The molecule has 1 N–H and O–H groups in total. The summed E-state index contributed by atoms with van der Waals surface area (Å²) in [4.78, 5) is 2.11. The van der Waals surface area contributed by atoms with E-state index in [9.17, 15) is 0 Å². The van der Waals surface area contributed by atoms with Crippen LogP contribution in [0.15, 0.2) is 48.5 Å². The van der Waals surface area contributed by atoms with E-state index >= 15 is 0 Å². The largest absolute Gasteiger partial charge is 0.330 e. The van der Waals surface area contributed by atoms with E-state index in [4.69, 9.17) is 5.41 Å². The predicted molar refractivity (Wildman–Crippen MR) is 86.8 cm³/mol. The first-order valence-electron chi connectivity index (χ1n) is 7.08. The highest BCUT2D eigenvalue weighted by Gasteiger charge is 2.14. The van der Waals surface area contributed by atoms with Gasteiger partial charge in [0.25, 0.3) is 0 Å². The second-order valence-electron chi connectivity index (χ2n) is 5.09. The van der Waals surface area contributed by atoms with Gasteiger partial charge in [0, 0.05) is 18.7 Å². The molecule has 2 aromatic carbocycles. The number of likely N-dealkylation sites (N-methyl/N-ethyl adjacent to an activating group) is 1. The third-order valence-corrected chi connectivity index (χ3v) is 3.57. The molecular formula is C18H22N2. The van der Waals surface area contributed by atoms with E-state index in [1.807, 2.05) is 18.2 Å². The molecule has 0 amide bonds. The van der Waals surface area contributed by atoms with Crippen LogP contribution in [0.4, 0.5) is 5.69 Å².